The fraction of sp³-hybridized carbons (Fsp3) is 0.533. The highest BCUT2D eigenvalue weighted by molar-refractivity contribution is 7.13. The van der Waals surface area contributed by atoms with Crippen LogP contribution in [0.1, 0.15) is 25.8 Å². The topological polar surface area (TPSA) is 71.7 Å². The molecule has 8 heteroatoms. The molecule has 3 heterocycles. The number of aromatic nitrogens is 2. The van der Waals surface area contributed by atoms with E-state index in [0.29, 0.717) is 31.5 Å². The first-order valence-electron chi connectivity index (χ1n) is 7.72. The molecule has 1 atom stereocenters. The van der Waals surface area contributed by atoms with Gasteiger partial charge in [-0.3, -0.25) is 4.90 Å². The second kappa shape index (κ2) is 7.10. The van der Waals surface area contributed by atoms with Gasteiger partial charge in [0.05, 0.1) is 17.5 Å². The maximum atomic E-state index is 11.7. The predicted molar refractivity (Wildman–Crippen MR) is 86.2 cm³/mol. The molecule has 2 aromatic heterocycles. The Kier molecular flexibility index (Phi) is 4.92. The first-order valence-corrected chi connectivity index (χ1v) is 8.60. The third-order valence-electron chi connectivity index (χ3n) is 3.92. The standard InChI is InChI=1S/C15H20N4O3S/c1-3-21-15(20)19-8-6-18(7-9-19)11(2)13-16-17-14(22-13)12-5-4-10-23-12/h4-5,10-11H,3,6-9H2,1-2H3/t11-/m1/s1. The zero-order valence-corrected chi connectivity index (χ0v) is 14.1. The molecule has 0 saturated carbocycles. The van der Waals surface area contributed by atoms with E-state index in [4.69, 9.17) is 9.15 Å². The van der Waals surface area contributed by atoms with Gasteiger partial charge in [-0.1, -0.05) is 6.07 Å². The van der Waals surface area contributed by atoms with Crippen molar-refractivity contribution in [3.05, 3.63) is 23.4 Å². The number of carbonyl (C=O) groups is 1. The van der Waals surface area contributed by atoms with Crippen LogP contribution in [-0.2, 0) is 4.74 Å². The van der Waals surface area contributed by atoms with E-state index in [2.05, 4.69) is 15.1 Å². The van der Waals surface area contributed by atoms with Gasteiger partial charge >= 0.3 is 6.09 Å². The number of rotatable bonds is 4. The molecular formula is C15H20N4O3S. The van der Waals surface area contributed by atoms with Gasteiger partial charge in [-0.2, -0.15) is 0 Å². The van der Waals surface area contributed by atoms with E-state index in [1.807, 2.05) is 31.4 Å². The average Bonchev–Trinajstić information content (AvgIpc) is 3.25. The zero-order chi connectivity index (χ0) is 16.2. The molecule has 124 valence electrons. The summed E-state index contributed by atoms with van der Waals surface area (Å²) in [5.41, 5.74) is 0. The summed E-state index contributed by atoms with van der Waals surface area (Å²) in [4.78, 5) is 16.7. The number of nitrogens with zero attached hydrogens (tertiary/aromatic N) is 4. The molecule has 23 heavy (non-hydrogen) atoms. The lowest BCUT2D eigenvalue weighted by Gasteiger charge is -2.36. The minimum atomic E-state index is -0.238. The quantitative estimate of drug-likeness (QED) is 0.855. The average molecular weight is 336 g/mol. The Labute approximate surface area is 138 Å². The molecule has 2 aromatic rings. The molecule has 1 fully saturated rings. The second-order valence-corrected chi connectivity index (χ2v) is 6.27. The highest BCUT2D eigenvalue weighted by Gasteiger charge is 2.28. The van der Waals surface area contributed by atoms with Crippen molar-refractivity contribution < 1.29 is 13.9 Å². The van der Waals surface area contributed by atoms with Gasteiger partial charge in [0, 0.05) is 26.2 Å². The molecule has 7 nitrogen and oxygen atoms in total. The van der Waals surface area contributed by atoms with Gasteiger partial charge in [-0.05, 0) is 25.3 Å². The molecule has 3 rings (SSSR count). The molecule has 1 aliphatic rings. The van der Waals surface area contributed by atoms with Crippen LogP contribution < -0.4 is 0 Å². The van der Waals surface area contributed by atoms with Gasteiger partial charge in [-0.15, -0.1) is 21.5 Å². The number of amides is 1. The van der Waals surface area contributed by atoms with Crippen molar-refractivity contribution in [2.75, 3.05) is 32.8 Å². The molecule has 0 spiro atoms. The van der Waals surface area contributed by atoms with Crippen molar-refractivity contribution >= 4 is 17.4 Å². The van der Waals surface area contributed by atoms with Gasteiger partial charge in [0.2, 0.25) is 5.89 Å². The highest BCUT2D eigenvalue weighted by atomic mass is 32.1. The molecule has 0 radical (unpaired) electrons. The van der Waals surface area contributed by atoms with Crippen molar-refractivity contribution in [2.24, 2.45) is 0 Å². The SMILES string of the molecule is CCOC(=O)N1CCN([C@H](C)c2nnc(-c3cccs3)o2)CC1. The van der Waals surface area contributed by atoms with Crippen LogP contribution in [-0.4, -0.2) is 58.9 Å². The molecule has 0 N–H and O–H groups in total. The lowest BCUT2D eigenvalue weighted by Crippen LogP contribution is -2.49. The summed E-state index contributed by atoms with van der Waals surface area (Å²) >= 11 is 1.58. The van der Waals surface area contributed by atoms with Gasteiger partial charge in [0.25, 0.3) is 5.89 Å². The van der Waals surface area contributed by atoms with Crippen molar-refractivity contribution in [2.45, 2.75) is 19.9 Å². The molecule has 1 amide bonds. The maximum Gasteiger partial charge on any atom is 0.409 e. The Morgan fingerprint density at radius 3 is 2.83 bits per heavy atom. The molecule has 0 aliphatic carbocycles. The van der Waals surface area contributed by atoms with Gasteiger partial charge in [0.1, 0.15) is 0 Å². The minimum Gasteiger partial charge on any atom is -0.450 e. The normalized spacial score (nSPS) is 17.2. The van der Waals surface area contributed by atoms with Crippen LogP contribution in [0.3, 0.4) is 0 Å². The van der Waals surface area contributed by atoms with Crippen molar-refractivity contribution in [3.8, 4) is 10.8 Å². The third kappa shape index (κ3) is 3.53. The monoisotopic (exact) mass is 336 g/mol. The molecule has 0 unspecified atom stereocenters. The van der Waals surface area contributed by atoms with E-state index in [0.717, 1.165) is 18.0 Å². The summed E-state index contributed by atoms with van der Waals surface area (Å²) in [5, 5.41) is 10.3. The molecule has 0 aromatic carbocycles. The first kappa shape index (κ1) is 15.9. The molecular weight excluding hydrogens is 316 g/mol. The highest BCUT2D eigenvalue weighted by Crippen LogP contribution is 2.27. The van der Waals surface area contributed by atoms with E-state index >= 15 is 0 Å². The third-order valence-corrected chi connectivity index (χ3v) is 4.78. The summed E-state index contributed by atoms with van der Waals surface area (Å²) in [7, 11) is 0. The fourth-order valence-corrected chi connectivity index (χ4v) is 3.21. The lowest BCUT2D eigenvalue weighted by molar-refractivity contribution is 0.0642. The molecule has 1 saturated heterocycles. The summed E-state index contributed by atoms with van der Waals surface area (Å²) < 4.78 is 10.8. The Hall–Kier alpha value is -1.93. The second-order valence-electron chi connectivity index (χ2n) is 5.32. The number of ether oxygens (including phenoxy) is 1. The van der Waals surface area contributed by atoms with Crippen LogP contribution in [0.5, 0.6) is 0 Å². The summed E-state index contributed by atoms with van der Waals surface area (Å²) in [6.45, 7) is 7.09. The van der Waals surface area contributed by atoms with Crippen LogP contribution in [0.25, 0.3) is 10.8 Å². The Morgan fingerprint density at radius 1 is 1.39 bits per heavy atom. The number of thiophene rings is 1. The van der Waals surface area contributed by atoms with Crippen LogP contribution in [0.4, 0.5) is 4.79 Å². The van der Waals surface area contributed by atoms with Crippen molar-refractivity contribution in [3.63, 3.8) is 0 Å². The summed E-state index contributed by atoms with van der Waals surface area (Å²) in [6.07, 6.45) is -0.238. The van der Waals surface area contributed by atoms with Crippen molar-refractivity contribution in [1.82, 2.24) is 20.0 Å². The Morgan fingerprint density at radius 2 is 2.17 bits per heavy atom. The maximum absolute atomic E-state index is 11.7. The van der Waals surface area contributed by atoms with Crippen LogP contribution in [0.2, 0.25) is 0 Å². The Balaban J connectivity index is 1.59. The number of hydrogen-bond acceptors (Lipinski definition) is 7. The van der Waals surface area contributed by atoms with Gasteiger partial charge in [0.15, 0.2) is 0 Å². The molecule has 1 aliphatic heterocycles. The van der Waals surface area contributed by atoms with Gasteiger partial charge in [-0.25, -0.2) is 4.79 Å². The van der Waals surface area contributed by atoms with E-state index < -0.39 is 0 Å². The van der Waals surface area contributed by atoms with E-state index in [1.165, 1.54) is 0 Å². The van der Waals surface area contributed by atoms with E-state index in [1.54, 1.807) is 16.2 Å². The van der Waals surface area contributed by atoms with Crippen LogP contribution >= 0.6 is 11.3 Å². The van der Waals surface area contributed by atoms with E-state index in [9.17, 15) is 4.79 Å². The number of hydrogen-bond donors (Lipinski definition) is 0. The number of carbonyl (C=O) groups excluding carboxylic acids is 1. The van der Waals surface area contributed by atoms with Crippen LogP contribution in [0.15, 0.2) is 21.9 Å². The first-order chi connectivity index (χ1) is 11.2. The largest absolute Gasteiger partial charge is 0.450 e. The number of piperazine rings is 1. The summed E-state index contributed by atoms with van der Waals surface area (Å²) in [6, 6.07) is 3.95. The van der Waals surface area contributed by atoms with E-state index in [-0.39, 0.29) is 12.1 Å². The summed E-state index contributed by atoms with van der Waals surface area (Å²) in [5.74, 6) is 1.17. The lowest BCUT2D eigenvalue weighted by atomic mass is 10.2. The predicted octanol–water partition coefficient (Wildman–Crippen LogP) is 2.63. The smallest absolute Gasteiger partial charge is 0.409 e. The fourth-order valence-electron chi connectivity index (χ4n) is 2.57. The minimum absolute atomic E-state index is 0.0283. The Bertz CT molecular complexity index is 635. The van der Waals surface area contributed by atoms with Crippen LogP contribution in [0, 0.1) is 0 Å². The van der Waals surface area contributed by atoms with Gasteiger partial charge < -0.3 is 14.1 Å². The molecule has 0 bridgehead atoms. The van der Waals surface area contributed by atoms with Crippen molar-refractivity contribution in [1.29, 1.82) is 0 Å². The zero-order valence-electron chi connectivity index (χ0n) is 13.3.